The number of phenols is 1. The van der Waals surface area contributed by atoms with Crippen molar-refractivity contribution in [3.63, 3.8) is 0 Å². The van der Waals surface area contributed by atoms with Crippen LogP contribution < -0.4 is 0 Å². The fourth-order valence-corrected chi connectivity index (χ4v) is 1.41. The van der Waals surface area contributed by atoms with E-state index in [0.717, 1.165) is 19.1 Å². The summed E-state index contributed by atoms with van der Waals surface area (Å²) in [6.07, 6.45) is -2.88. The lowest BCUT2D eigenvalue weighted by Gasteiger charge is -2.09. The molecule has 0 heterocycles. The SMILES string of the molecule is CC(=O)c1c(O)ccc(Cl)c1C(F)F. The molecule has 1 aromatic rings. The molecule has 0 aliphatic rings. The maximum atomic E-state index is 12.5. The zero-order valence-electron chi connectivity index (χ0n) is 7.22. The van der Waals surface area contributed by atoms with E-state index in [0.29, 0.717) is 0 Å². The van der Waals surface area contributed by atoms with Gasteiger partial charge < -0.3 is 5.11 Å². The maximum absolute atomic E-state index is 12.5. The lowest BCUT2D eigenvalue weighted by molar-refractivity contribution is 0.0995. The van der Waals surface area contributed by atoms with Crippen LogP contribution in [0, 0.1) is 0 Å². The number of carbonyl (C=O) groups excluding carboxylic acids is 1. The van der Waals surface area contributed by atoms with Crippen LogP contribution in [0.15, 0.2) is 12.1 Å². The maximum Gasteiger partial charge on any atom is 0.266 e. The molecule has 0 amide bonds. The normalized spacial score (nSPS) is 10.6. The summed E-state index contributed by atoms with van der Waals surface area (Å²) in [6.45, 7) is 1.09. The smallest absolute Gasteiger partial charge is 0.266 e. The van der Waals surface area contributed by atoms with Gasteiger partial charge in [-0.25, -0.2) is 8.78 Å². The molecule has 0 bridgehead atoms. The first-order chi connectivity index (χ1) is 6.45. The van der Waals surface area contributed by atoms with Crippen LogP contribution in [0.5, 0.6) is 5.75 Å². The van der Waals surface area contributed by atoms with E-state index in [1.165, 1.54) is 0 Å². The highest BCUT2D eigenvalue weighted by atomic mass is 35.5. The second-order valence-corrected chi connectivity index (χ2v) is 3.12. The zero-order valence-corrected chi connectivity index (χ0v) is 7.98. The highest BCUT2D eigenvalue weighted by molar-refractivity contribution is 6.32. The number of halogens is 3. The Bertz CT molecular complexity index is 377. The van der Waals surface area contributed by atoms with Crippen LogP contribution in [0.25, 0.3) is 0 Å². The van der Waals surface area contributed by atoms with E-state index in [4.69, 9.17) is 11.6 Å². The van der Waals surface area contributed by atoms with Crippen LogP contribution in [0.2, 0.25) is 5.02 Å². The molecule has 0 aromatic heterocycles. The Morgan fingerprint density at radius 3 is 2.43 bits per heavy atom. The summed E-state index contributed by atoms with van der Waals surface area (Å²) in [5.74, 6) is -1.11. The standard InChI is InChI=1S/C9H7ClF2O2/c1-4(13)7-6(14)3-2-5(10)8(7)9(11)12/h2-3,9,14H,1H3. The quantitative estimate of drug-likeness (QED) is 0.778. The highest BCUT2D eigenvalue weighted by Crippen LogP contribution is 2.35. The summed E-state index contributed by atoms with van der Waals surface area (Å²) >= 11 is 5.50. The third kappa shape index (κ3) is 1.85. The van der Waals surface area contributed by atoms with Gasteiger partial charge in [0.2, 0.25) is 0 Å². The first-order valence-corrected chi connectivity index (χ1v) is 4.13. The summed E-state index contributed by atoms with van der Waals surface area (Å²) in [7, 11) is 0. The Hall–Kier alpha value is -1.16. The second kappa shape index (κ2) is 3.92. The summed E-state index contributed by atoms with van der Waals surface area (Å²) in [5, 5.41) is 9.00. The van der Waals surface area contributed by atoms with Crippen molar-refractivity contribution in [2.24, 2.45) is 0 Å². The zero-order chi connectivity index (χ0) is 10.9. The van der Waals surface area contributed by atoms with Crippen LogP contribution >= 0.6 is 11.6 Å². The van der Waals surface area contributed by atoms with Gasteiger partial charge >= 0.3 is 0 Å². The number of phenolic OH excluding ortho intramolecular Hbond substituents is 1. The highest BCUT2D eigenvalue weighted by Gasteiger charge is 2.22. The van der Waals surface area contributed by atoms with Crippen LogP contribution in [0.4, 0.5) is 8.78 Å². The van der Waals surface area contributed by atoms with Gasteiger partial charge in [-0.05, 0) is 19.1 Å². The summed E-state index contributed by atoms with van der Waals surface area (Å²) in [6, 6.07) is 2.25. The Kier molecular flexibility index (Phi) is 3.06. The lowest BCUT2D eigenvalue weighted by Crippen LogP contribution is -2.01. The lowest BCUT2D eigenvalue weighted by atomic mass is 10.0. The monoisotopic (exact) mass is 220 g/mol. The largest absolute Gasteiger partial charge is 0.507 e. The molecule has 0 atom stereocenters. The van der Waals surface area contributed by atoms with Gasteiger partial charge in [-0.2, -0.15) is 0 Å². The first kappa shape index (κ1) is 10.9. The molecule has 0 fully saturated rings. The Balaban J connectivity index is 3.50. The van der Waals surface area contributed by atoms with Crippen molar-refractivity contribution in [3.8, 4) is 5.75 Å². The van der Waals surface area contributed by atoms with Crippen molar-refractivity contribution >= 4 is 17.4 Å². The third-order valence-electron chi connectivity index (χ3n) is 1.74. The Labute approximate surface area is 84.1 Å². The van der Waals surface area contributed by atoms with Gasteiger partial charge in [0, 0.05) is 0 Å². The minimum atomic E-state index is -2.88. The number of Topliss-reactive ketones (excluding diaryl/α,β-unsaturated/α-hetero) is 1. The van der Waals surface area contributed by atoms with E-state index in [1.54, 1.807) is 0 Å². The van der Waals surface area contributed by atoms with Crippen LogP contribution in [0.3, 0.4) is 0 Å². The predicted octanol–water partition coefficient (Wildman–Crippen LogP) is 3.19. The number of aromatic hydroxyl groups is 1. The molecule has 14 heavy (non-hydrogen) atoms. The van der Waals surface area contributed by atoms with Crippen molar-refractivity contribution in [2.75, 3.05) is 0 Å². The molecule has 0 saturated carbocycles. The average molecular weight is 221 g/mol. The van der Waals surface area contributed by atoms with E-state index in [2.05, 4.69) is 0 Å². The summed E-state index contributed by atoms with van der Waals surface area (Å²) < 4.78 is 25.0. The molecule has 1 rings (SSSR count). The predicted molar refractivity (Wildman–Crippen MR) is 48.1 cm³/mol. The molecular formula is C9H7ClF2O2. The number of ketones is 1. The van der Waals surface area contributed by atoms with Gasteiger partial charge in [0.1, 0.15) is 5.75 Å². The van der Waals surface area contributed by atoms with Crippen molar-refractivity contribution in [3.05, 3.63) is 28.3 Å². The van der Waals surface area contributed by atoms with E-state index in [-0.39, 0.29) is 5.02 Å². The number of hydrogen-bond acceptors (Lipinski definition) is 2. The van der Waals surface area contributed by atoms with Crippen LogP contribution in [-0.2, 0) is 0 Å². The topological polar surface area (TPSA) is 37.3 Å². The van der Waals surface area contributed by atoms with Gasteiger partial charge in [0.25, 0.3) is 6.43 Å². The van der Waals surface area contributed by atoms with Crippen LogP contribution in [-0.4, -0.2) is 10.9 Å². The van der Waals surface area contributed by atoms with Gasteiger partial charge in [-0.3, -0.25) is 4.79 Å². The van der Waals surface area contributed by atoms with Gasteiger partial charge in [-0.15, -0.1) is 0 Å². The minimum Gasteiger partial charge on any atom is -0.507 e. The Morgan fingerprint density at radius 1 is 1.50 bits per heavy atom. The number of alkyl halides is 2. The number of rotatable bonds is 2. The third-order valence-corrected chi connectivity index (χ3v) is 2.07. The first-order valence-electron chi connectivity index (χ1n) is 3.75. The molecule has 0 spiro atoms. The summed E-state index contributed by atoms with van der Waals surface area (Å²) in [5.41, 5.74) is -1.02. The Morgan fingerprint density at radius 2 is 2.07 bits per heavy atom. The molecule has 0 unspecified atom stereocenters. The fraction of sp³-hybridized carbons (Fsp3) is 0.222. The summed E-state index contributed by atoms with van der Waals surface area (Å²) in [4.78, 5) is 11.0. The van der Waals surface area contributed by atoms with Crippen molar-refractivity contribution < 1.29 is 18.7 Å². The van der Waals surface area contributed by atoms with Crippen LogP contribution in [0.1, 0.15) is 29.3 Å². The van der Waals surface area contributed by atoms with E-state index < -0.39 is 29.1 Å². The molecule has 5 heteroatoms. The fourth-order valence-electron chi connectivity index (χ4n) is 1.17. The minimum absolute atomic E-state index is 0.219. The molecule has 0 aliphatic heterocycles. The number of hydrogen-bond donors (Lipinski definition) is 1. The van der Waals surface area contributed by atoms with E-state index in [9.17, 15) is 18.7 Å². The van der Waals surface area contributed by atoms with E-state index >= 15 is 0 Å². The van der Waals surface area contributed by atoms with Crippen molar-refractivity contribution in [1.82, 2.24) is 0 Å². The number of carbonyl (C=O) groups is 1. The average Bonchev–Trinajstić information content (AvgIpc) is 2.07. The molecule has 2 nitrogen and oxygen atoms in total. The van der Waals surface area contributed by atoms with Crippen molar-refractivity contribution in [2.45, 2.75) is 13.3 Å². The van der Waals surface area contributed by atoms with Gasteiger partial charge in [0.15, 0.2) is 5.78 Å². The van der Waals surface area contributed by atoms with Crippen molar-refractivity contribution in [1.29, 1.82) is 0 Å². The molecule has 76 valence electrons. The molecule has 1 aromatic carbocycles. The molecule has 0 saturated heterocycles. The van der Waals surface area contributed by atoms with Gasteiger partial charge in [-0.1, -0.05) is 11.6 Å². The second-order valence-electron chi connectivity index (χ2n) is 2.71. The molecule has 1 N–H and O–H groups in total. The molecule has 0 aliphatic carbocycles. The number of benzene rings is 1. The van der Waals surface area contributed by atoms with Gasteiger partial charge in [0.05, 0.1) is 16.1 Å². The van der Waals surface area contributed by atoms with E-state index in [1.807, 2.05) is 0 Å². The molecular weight excluding hydrogens is 214 g/mol. The molecule has 0 radical (unpaired) electrons.